The summed E-state index contributed by atoms with van der Waals surface area (Å²) >= 11 is 1.93. The van der Waals surface area contributed by atoms with E-state index in [0.29, 0.717) is 12.0 Å². The van der Waals surface area contributed by atoms with Gasteiger partial charge in [0.05, 0.1) is 5.69 Å². The van der Waals surface area contributed by atoms with E-state index in [1.807, 2.05) is 11.3 Å². The van der Waals surface area contributed by atoms with E-state index < -0.39 is 0 Å². The number of fused-ring (bicyclic) bond motifs is 2. The summed E-state index contributed by atoms with van der Waals surface area (Å²) in [7, 11) is 0. The molecule has 2 heterocycles. The zero-order valence-corrected chi connectivity index (χ0v) is 14.7. The van der Waals surface area contributed by atoms with Crippen molar-refractivity contribution < 1.29 is 0 Å². The molecule has 3 rings (SSSR count). The van der Waals surface area contributed by atoms with Crippen molar-refractivity contribution in [2.75, 3.05) is 11.4 Å². The third-order valence-corrected chi connectivity index (χ3v) is 6.23. The Morgan fingerprint density at radius 2 is 2.14 bits per heavy atom. The van der Waals surface area contributed by atoms with Gasteiger partial charge in [0.2, 0.25) is 0 Å². The maximum absolute atomic E-state index is 5.06. The molecule has 1 aromatic heterocycles. The van der Waals surface area contributed by atoms with E-state index in [0.717, 1.165) is 18.5 Å². The zero-order valence-electron chi connectivity index (χ0n) is 13.9. The van der Waals surface area contributed by atoms with Gasteiger partial charge in [-0.05, 0) is 37.5 Å². The minimum Gasteiger partial charge on any atom is -0.345 e. The van der Waals surface area contributed by atoms with E-state index in [2.05, 4.69) is 37.9 Å². The maximum atomic E-state index is 5.06. The van der Waals surface area contributed by atoms with Crippen LogP contribution in [0.15, 0.2) is 0 Å². The second kappa shape index (κ2) is 6.25. The molecule has 3 unspecified atom stereocenters. The van der Waals surface area contributed by atoms with Crippen LogP contribution in [0.4, 0.5) is 5.13 Å². The molecule has 2 fully saturated rings. The fourth-order valence-corrected chi connectivity index (χ4v) is 4.85. The van der Waals surface area contributed by atoms with Crippen LogP contribution in [0, 0.1) is 5.92 Å². The summed E-state index contributed by atoms with van der Waals surface area (Å²) in [6.45, 7) is 11.2. The Bertz CT molecular complexity index is 482. The van der Waals surface area contributed by atoms with E-state index in [1.54, 1.807) is 0 Å². The summed E-state index contributed by atoms with van der Waals surface area (Å²) < 4.78 is 0. The van der Waals surface area contributed by atoms with Crippen LogP contribution in [0.5, 0.6) is 0 Å². The second-order valence-electron chi connectivity index (χ2n) is 7.14. The highest BCUT2D eigenvalue weighted by Gasteiger charge is 2.39. The van der Waals surface area contributed by atoms with E-state index in [1.165, 1.54) is 47.9 Å². The number of anilines is 1. The maximum Gasteiger partial charge on any atom is 0.186 e. The van der Waals surface area contributed by atoms with Gasteiger partial charge in [-0.25, -0.2) is 4.98 Å². The van der Waals surface area contributed by atoms with Gasteiger partial charge in [-0.1, -0.05) is 27.7 Å². The molecule has 0 amide bonds. The lowest BCUT2D eigenvalue weighted by molar-refractivity contribution is 0.552. The van der Waals surface area contributed by atoms with Crippen molar-refractivity contribution in [2.45, 2.75) is 77.9 Å². The zero-order chi connectivity index (χ0) is 15.0. The molecule has 21 heavy (non-hydrogen) atoms. The van der Waals surface area contributed by atoms with Crippen LogP contribution in [0.3, 0.4) is 0 Å². The SMILES string of the molecule is CCC(C)c1nc(N2CC3CCC2C3)sc1CNC(C)C. The monoisotopic (exact) mass is 307 g/mol. The molecule has 0 radical (unpaired) electrons. The molecule has 1 saturated heterocycles. The summed E-state index contributed by atoms with van der Waals surface area (Å²) in [5.74, 6) is 1.50. The van der Waals surface area contributed by atoms with E-state index in [-0.39, 0.29) is 0 Å². The first kappa shape index (κ1) is 15.3. The van der Waals surface area contributed by atoms with Gasteiger partial charge in [0, 0.05) is 30.1 Å². The standard InChI is InChI=1S/C17H29N3S/c1-5-12(4)16-15(9-18-11(2)3)21-17(19-16)20-10-13-6-7-14(20)8-13/h11-14,18H,5-10H2,1-4H3. The van der Waals surface area contributed by atoms with E-state index in [9.17, 15) is 0 Å². The molecule has 3 nitrogen and oxygen atoms in total. The molecule has 0 spiro atoms. The van der Waals surface area contributed by atoms with E-state index in [4.69, 9.17) is 4.98 Å². The van der Waals surface area contributed by atoms with Crippen LogP contribution in [0.2, 0.25) is 0 Å². The Morgan fingerprint density at radius 3 is 2.71 bits per heavy atom. The number of hydrogen-bond acceptors (Lipinski definition) is 4. The predicted octanol–water partition coefficient (Wildman–Crippen LogP) is 4.14. The minimum absolute atomic E-state index is 0.531. The van der Waals surface area contributed by atoms with Crippen molar-refractivity contribution in [3.63, 3.8) is 0 Å². The largest absolute Gasteiger partial charge is 0.345 e. The quantitative estimate of drug-likeness (QED) is 0.856. The third-order valence-electron chi connectivity index (χ3n) is 5.12. The van der Waals surface area contributed by atoms with Crippen LogP contribution in [-0.2, 0) is 6.54 Å². The van der Waals surface area contributed by atoms with Gasteiger partial charge < -0.3 is 10.2 Å². The highest BCUT2D eigenvalue weighted by molar-refractivity contribution is 7.15. The molecule has 3 atom stereocenters. The van der Waals surface area contributed by atoms with Gasteiger partial charge in [0.1, 0.15) is 0 Å². The number of rotatable bonds is 6. The van der Waals surface area contributed by atoms with Crippen molar-refractivity contribution >= 4 is 16.5 Å². The van der Waals surface area contributed by atoms with Crippen molar-refractivity contribution in [1.82, 2.24) is 10.3 Å². The number of aromatic nitrogens is 1. The van der Waals surface area contributed by atoms with E-state index >= 15 is 0 Å². The molecular weight excluding hydrogens is 278 g/mol. The van der Waals surface area contributed by atoms with Crippen molar-refractivity contribution in [2.24, 2.45) is 5.92 Å². The molecule has 1 aliphatic carbocycles. The number of nitrogens with zero attached hydrogens (tertiary/aromatic N) is 2. The van der Waals surface area contributed by atoms with Gasteiger partial charge in [-0.15, -0.1) is 11.3 Å². The first-order chi connectivity index (χ1) is 10.1. The van der Waals surface area contributed by atoms with Gasteiger partial charge in [0.15, 0.2) is 5.13 Å². The first-order valence-electron chi connectivity index (χ1n) is 8.58. The molecular formula is C17H29N3S. The molecule has 118 valence electrons. The second-order valence-corrected chi connectivity index (χ2v) is 8.20. The van der Waals surface area contributed by atoms with Crippen LogP contribution in [0.1, 0.15) is 69.9 Å². The summed E-state index contributed by atoms with van der Waals surface area (Å²) in [6, 6.07) is 1.31. The summed E-state index contributed by atoms with van der Waals surface area (Å²) in [6.07, 6.45) is 5.39. The number of thiazole rings is 1. The predicted molar refractivity (Wildman–Crippen MR) is 91.3 cm³/mol. The topological polar surface area (TPSA) is 28.2 Å². The molecule has 2 aliphatic rings. The highest BCUT2D eigenvalue weighted by atomic mass is 32.1. The Hall–Kier alpha value is -0.610. The molecule has 2 bridgehead atoms. The van der Waals surface area contributed by atoms with Crippen molar-refractivity contribution in [3.8, 4) is 0 Å². The molecule has 1 N–H and O–H groups in total. The van der Waals surface area contributed by atoms with Crippen LogP contribution < -0.4 is 10.2 Å². The fourth-order valence-electron chi connectivity index (χ4n) is 3.63. The van der Waals surface area contributed by atoms with Crippen LogP contribution >= 0.6 is 11.3 Å². The first-order valence-corrected chi connectivity index (χ1v) is 9.39. The molecule has 0 aromatic carbocycles. The molecule has 4 heteroatoms. The normalized spacial score (nSPS) is 26.0. The number of nitrogens with one attached hydrogen (secondary N) is 1. The molecule has 1 aliphatic heterocycles. The lowest BCUT2D eigenvalue weighted by Crippen LogP contribution is -2.31. The van der Waals surface area contributed by atoms with Gasteiger partial charge in [-0.3, -0.25) is 0 Å². The van der Waals surface area contributed by atoms with Gasteiger partial charge in [-0.2, -0.15) is 0 Å². The fraction of sp³-hybridized carbons (Fsp3) is 0.824. The third kappa shape index (κ3) is 3.11. The van der Waals surface area contributed by atoms with Crippen LogP contribution in [0.25, 0.3) is 0 Å². The average molecular weight is 308 g/mol. The average Bonchev–Trinajstić information content (AvgIpc) is 3.18. The number of hydrogen-bond donors (Lipinski definition) is 1. The summed E-state index contributed by atoms with van der Waals surface area (Å²) in [5, 5.41) is 4.86. The van der Waals surface area contributed by atoms with Gasteiger partial charge in [0.25, 0.3) is 0 Å². The highest BCUT2D eigenvalue weighted by Crippen LogP contribution is 2.43. The smallest absolute Gasteiger partial charge is 0.186 e. The van der Waals surface area contributed by atoms with Crippen LogP contribution in [-0.4, -0.2) is 23.6 Å². The molecule has 1 saturated carbocycles. The minimum atomic E-state index is 0.531. The Kier molecular flexibility index (Phi) is 4.55. The number of piperidine rings is 1. The lowest BCUT2D eigenvalue weighted by Gasteiger charge is -2.26. The summed E-state index contributed by atoms with van der Waals surface area (Å²) in [5.41, 5.74) is 1.34. The van der Waals surface area contributed by atoms with Crippen molar-refractivity contribution in [1.29, 1.82) is 0 Å². The molecule has 1 aromatic rings. The Balaban J connectivity index is 1.81. The Labute approximate surface area is 133 Å². The summed E-state index contributed by atoms with van der Waals surface area (Å²) in [4.78, 5) is 9.12. The van der Waals surface area contributed by atoms with Gasteiger partial charge >= 0.3 is 0 Å². The van der Waals surface area contributed by atoms with Crippen molar-refractivity contribution in [3.05, 3.63) is 10.6 Å². The lowest BCUT2D eigenvalue weighted by atomic mass is 10.0. The Morgan fingerprint density at radius 1 is 1.33 bits per heavy atom.